The van der Waals surface area contributed by atoms with Gasteiger partial charge in [-0.3, -0.25) is 4.79 Å². The summed E-state index contributed by atoms with van der Waals surface area (Å²) in [4.78, 5) is 13.2. The number of hydrogen-bond donors (Lipinski definition) is 9. The number of aliphatic hydroxyl groups is 8. The molecule has 0 bridgehead atoms. The number of ether oxygens (including phenoxy) is 4. The summed E-state index contributed by atoms with van der Waals surface area (Å²) in [5, 5.41) is 87.2. The quantitative estimate of drug-likeness (QED) is 0.0204. The lowest BCUT2D eigenvalue weighted by Gasteiger charge is -2.46. The van der Waals surface area contributed by atoms with Crippen molar-refractivity contribution >= 4 is 5.91 Å². The highest BCUT2D eigenvalue weighted by Gasteiger charge is 2.51. The van der Waals surface area contributed by atoms with Crippen molar-refractivity contribution in [3.63, 3.8) is 0 Å². The van der Waals surface area contributed by atoms with Gasteiger partial charge in [0.25, 0.3) is 0 Å². The van der Waals surface area contributed by atoms with Crippen LogP contribution in [-0.2, 0) is 23.7 Å². The first-order valence-corrected chi connectivity index (χ1v) is 32.7. The van der Waals surface area contributed by atoms with Crippen molar-refractivity contribution in [2.45, 2.75) is 351 Å². The Morgan fingerprint density at radius 2 is 0.848 bits per heavy atom. The van der Waals surface area contributed by atoms with Gasteiger partial charge in [-0.1, -0.05) is 262 Å². The van der Waals surface area contributed by atoms with Crippen molar-refractivity contribution < 1.29 is 64.6 Å². The SMILES string of the molecule is CCCC/C=C\C/C=C\CCCCCCCC(=O)NC(COC1OC(CO)C(OC2OC(CO)C(O)C(O)C2O)C(O)C1O)C(O)/C=C/CCCCCCCCCCCCCCCCCCCCCCCCCCCCCCC. The Morgan fingerprint density at radius 3 is 1.30 bits per heavy atom. The standard InChI is InChI=1S/C65H121NO13/c1-3-5-7-9-11-13-15-17-19-20-21-22-23-24-25-26-27-28-29-30-31-32-33-34-35-36-38-40-42-44-46-48-54(69)53(66-57(70)49-47-45-43-41-39-37-18-16-14-12-10-8-6-4-2)52-76-64-62(75)60(73)63(56(51-68)78-64)79-65-61(74)59(72)58(71)55(50-67)77-65/h10,12,16,18,46,48,53-56,58-65,67-69,71-75H,3-9,11,13-15,17,19-45,47,49-52H2,1-2H3,(H,66,70)/b12-10-,18-16-,48-46+. The van der Waals surface area contributed by atoms with E-state index in [1.807, 2.05) is 6.08 Å². The number of amides is 1. The molecular weight excluding hydrogens is 1000 g/mol. The molecule has 2 heterocycles. The van der Waals surface area contributed by atoms with E-state index in [4.69, 9.17) is 18.9 Å². The molecule has 0 aromatic heterocycles. The van der Waals surface area contributed by atoms with Gasteiger partial charge < -0.3 is 65.1 Å². The van der Waals surface area contributed by atoms with Gasteiger partial charge in [0, 0.05) is 6.42 Å². The van der Waals surface area contributed by atoms with Crippen LogP contribution < -0.4 is 5.32 Å². The van der Waals surface area contributed by atoms with E-state index in [0.717, 1.165) is 64.2 Å². The maximum Gasteiger partial charge on any atom is 0.220 e. The Balaban J connectivity index is 1.67. The van der Waals surface area contributed by atoms with Crippen LogP contribution in [0.5, 0.6) is 0 Å². The number of unbranched alkanes of at least 4 members (excludes halogenated alkanes) is 36. The molecule has 2 saturated heterocycles. The largest absolute Gasteiger partial charge is 0.394 e. The second-order valence-electron chi connectivity index (χ2n) is 23.2. The predicted molar refractivity (Wildman–Crippen MR) is 318 cm³/mol. The van der Waals surface area contributed by atoms with Crippen LogP contribution in [0.15, 0.2) is 36.5 Å². The van der Waals surface area contributed by atoms with Crippen molar-refractivity contribution in [1.82, 2.24) is 5.32 Å². The maximum atomic E-state index is 13.2. The van der Waals surface area contributed by atoms with Crippen LogP contribution in [0.4, 0.5) is 0 Å². The van der Waals surface area contributed by atoms with E-state index in [1.165, 1.54) is 186 Å². The van der Waals surface area contributed by atoms with Gasteiger partial charge in [-0.15, -0.1) is 0 Å². The molecule has 464 valence electrons. The second kappa shape index (κ2) is 50.7. The van der Waals surface area contributed by atoms with E-state index in [9.17, 15) is 45.6 Å². The van der Waals surface area contributed by atoms with Crippen LogP contribution >= 0.6 is 0 Å². The van der Waals surface area contributed by atoms with Crippen molar-refractivity contribution in [3.8, 4) is 0 Å². The highest BCUT2D eigenvalue weighted by molar-refractivity contribution is 5.76. The fourth-order valence-electron chi connectivity index (χ4n) is 10.8. The third kappa shape index (κ3) is 35.8. The van der Waals surface area contributed by atoms with E-state index in [0.29, 0.717) is 6.42 Å². The summed E-state index contributed by atoms with van der Waals surface area (Å²) in [6, 6.07) is -0.922. The lowest BCUT2D eigenvalue weighted by molar-refractivity contribution is -0.359. The highest BCUT2D eigenvalue weighted by Crippen LogP contribution is 2.30. The van der Waals surface area contributed by atoms with Gasteiger partial charge in [0.05, 0.1) is 32.0 Å². The van der Waals surface area contributed by atoms with E-state index >= 15 is 0 Å². The molecule has 0 radical (unpaired) electrons. The minimum Gasteiger partial charge on any atom is -0.394 e. The first-order valence-electron chi connectivity index (χ1n) is 32.7. The summed E-state index contributed by atoms with van der Waals surface area (Å²) in [6.07, 6.45) is 46.4. The predicted octanol–water partition coefficient (Wildman–Crippen LogP) is 12.2. The molecule has 14 nitrogen and oxygen atoms in total. The van der Waals surface area contributed by atoms with Gasteiger partial charge in [0.15, 0.2) is 12.6 Å². The molecule has 2 aliphatic rings. The molecule has 2 rings (SSSR count). The summed E-state index contributed by atoms with van der Waals surface area (Å²) in [5.74, 6) is -0.252. The van der Waals surface area contributed by atoms with Gasteiger partial charge in [-0.2, -0.15) is 0 Å². The van der Waals surface area contributed by atoms with Gasteiger partial charge >= 0.3 is 0 Å². The van der Waals surface area contributed by atoms with Gasteiger partial charge in [0.2, 0.25) is 5.91 Å². The molecule has 12 atom stereocenters. The first-order chi connectivity index (χ1) is 38.6. The summed E-state index contributed by atoms with van der Waals surface area (Å²) >= 11 is 0. The zero-order chi connectivity index (χ0) is 57.4. The Kier molecular flexibility index (Phi) is 47.0. The number of nitrogens with one attached hydrogen (secondary N) is 1. The van der Waals surface area contributed by atoms with Gasteiger partial charge in [-0.05, 0) is 44.9 Å². The Bertz CT molecular complexity index is 1460. The van der Waals surface area contributed by atoms with Gasteiger partial charge in [-0.25, -0.2) is 0 Å². The number of rotatable bonds is 53. The number of allylic oxidation sites excluding steroid dienone is 5. The van der Waals surface area contributed by atoms with E-state index < -0.39 is 86.8 Å². The zero-order valence-electron chi connectivity index (χ0n) is 50.1. The normalized spacial score (nSPS) is 24.6. The lowest BCUT2D eigenvalue weighted by atomic mass is 9.97. The highest BCUT2D eigenvalue weighted by atomic mass is 16.7. The Labute approximate surface area is 481 Å². The van der Waals surface area contributed by atoms with Crippen LogP contribution in [0.2, 0.25) is 0 Å². The third-order valence-electron chi connectivity index (χ3n) is 16.1. The summed E-state index contributed by atoms with van der Waals surface area (Å²) in [6.45, 7) is 2.77. The summed E-state index contributed by atoms with van der Waals surface area (Å²) in [7, 11) is 0. The van der Waals surface area contributed by atoms with E-state index in [2.05, 4.69) is 43.5 Å². The number of hydrogen-bond acceptors (Lipinski definition) is 13. The summed E-state index contributed by atoms with van der Waals surface area (Å²) < 4.78 is 22.8. The minimum absolute atomic E-state index is 0.252. The zero-order valence-corrected chi connectivity index (χ0v) is 50.1. The fourth-order valence-corrected chi connectivity index (χ4v) is 10.8. The van der Waals surface area contributed by atoms with Crippen molar-refractivity contribution in [3.05, 3.63) is 36.5 Å². The molecule has 0 aliphatic carbocycles. The second-order valence-corrected chi connectivity index (χ2v) is 23.2. The molecule has 0 aromatic carbocycles. The molecule has 12 unspecified atom stereocenters. The average Bonchev–Trinajstić information content (AvgIpc) is 3.48. The van der Waals surface area contributed by atoms with Crippen molar-refractivity contribution in [2.24, 2.45) is 0 Å². The molecule has 14 heteroatoms. The van der Waals surface area contributed by atoms with Gasteiger partial charge in [0.1, 0.15) is 48.8 Å². The number of aliphatic hydroxyl groups excluding tert-OH is 8. The van der Waals surface area contributed by atoms with Crippen LogP contribution in [0.25, 0.3) is 0 Å². The fraction of sp³-hybridized carbons (Fsp3) is 0.892. The van der Waals surface area contributed by atoms with Crippen molar-refractivity contribution in [1.29, 1.82) is 0 Å². The molecule has 9 N–H and O–H groups in total. The first kappa shape index (κ1) is 73.3. The average molecular weight is 1120 g/mol. The van der Waals surface area contributed by atoms with Crippen LogP contribution in [0, 0.1) is 0 Å². The Morgan fingerprint density at radius 1 is 0.456 bits per heavy atom. The topological polar surface area (TPSA) is 228 Å². The summed E-state index contributed by atoms with van der Waals surface area (Å²) in [5.41, 5.74) is 0. The molecule has 0 aromatic rings. The lowest BCUT2D eigenvalue weighted by Crippen LogP contribution is -2.65. The maximum absolute atomic E-state index is 13.2. The van der Waals surface area contributed by atoms with Crippen LogP contribution in [-0.4, -0.2) is 140 Å². The van der Waals surface area contributed by atoms with E-state index in [-0.39, 0.29) is 18.9 Å². The van der Waals surface area contributed by atoms with Crippen LogP contribution in [0.1, 0.15) is 277 Å². The monoisotopic (exact) mass is 1120 g/mol. The van der Waals surface area contributed by atoms with E-state index in [1.54, 1.807) is 6.08 Å². The Hall–Kier alpha value is -1.79. The number of carbonyl (C=O) groups is 1. The minimum atomic E-state index is -1.79. The molecular formula is C65H121NO13. The smallest absolute Gasteiger partial charge is 0.220 e. The number of carbonyl (C=O) groups excluding carboxylic acids is 1. The third-order valence-corrected chi connectivity index (χ3v) is 16.1. The molecule has 0 saturated carbocycles. The van der Waals surface area contributed by atoms with Crippen LogP contribution in [0.3, 0.4) is 0 Å². The molecule has 2 fully saturated rings. The molecule has 1 amide bonds. The van der Waals surface area contributed by atoms with Crippen molar-refractivity contribution in [2.75, 3.05) is 19.8 Å². The molecule has 0 spiro atoms. The molecule has 79 heavy (non-hydrogen) atoms. The molecule has 2 aliphatic heterocycles.